The Hall–Kier alpha value is -2.37. The number of halogens is 1. The Kier molecular flexibility index (Phi) is 6.56. The van der Waals surface area contributed by atoms with Gasteiger partial charge in [0.15, 0.2) is 5.96 Å². The second-order valence-corrected chi connectivity index (χ2v) is 6.19. The molecule has 1 aromatic heterocycles. The van der Waals surface area contributed by atoms with Gasteiger partial charge >= 0.3 is 0 Å². The molecule has 0 aliphatic carbocycles. The van der Waals surface area contributed by atoms with Crippen molar-refractivity contribution in [2.45, 2.75) is 47.1 Å². The van der Waals surface area contributed by atoms with Crippen LogP contribution in [0.2, 0.25) is 0 Å². The Morgan fingerprint density at radius 2 is 2.08 bits per heavy atom. The summed E-state index contributed by atoms with van der Waals surface area (Å²) in [6, 6.07) is 5.25. The summed E-state index contributed by atoms with van der Waals surface area (Å²) in [5.41, 5.74) is 3.55. The number of hydrogen-bond acceptors (Lipinski definition) is 3. The van der Waals surface area contributed by atoms with Gasteiger partial charge in [-0.05, 0) is 58.2 Å². The minimum Gasteiger partial charge on any atom is -0.361 e. The van der Waals surface area contributed by atoms with Crippen LogP contribution in [0.25, 0.3) is 0 Å². The van der Waals surface area contributed by atoms with E-state index < -0.39 is 0 Å². The van der Waals surface area contributed by atoms with Gasteiger partial charge in [-0.15, -0.1) is 0 Å². The first-order valence-corrected chi connectivity index (χ1v) is 8.65. The summed E-state index contributed by atoms with van der Waals surface area (Å²) in [6.45, 7) is 11.0. The smallest absolute Gasteiger partial charge is 0.191 e. The van der Waals surface area contributed by atoms with E-state index in [4.69, 9.17) is 4.52 Å². The van der Waals surface area contributed by atoms with E-state index in [1.165, 1.54) is 0 Å². The predicted molar refractivity (Wildman–Crippen MR) is 98.3 cm³/mol. The molecule has 25 heavy (non-hydrogen) atoms. The first-order chi connectivity index (χ1) is 11.9. The van der Waals surface area contributed by atoms with Gasteiger partial charge in [-0.3, -0.25) is 4.99 Å². The molecule has 1 unspecified atom stereocenters. The van der Waals surface area contributed by atoms with Gasteiger partial charge in [0.2, 0.25) is 0 Å². The fourth-order valence-corrected chi connectivity index (χ4v) is 2.63. The van der Waals surface area contributed by atoms with Gasteiger partial charge < -0.3 is 15.2 Å². The standard InChI is InChI=1S/C19H27FN4O/c1-6-21-19(22-10-9-17-14(4)24-25-15(17)5)23-13(3)16-8-7-12(2)18(20)11-16/h7-8,11,13H,6,9-10H2,1-5H3,(H2,21,22,23). The van der Waals surface area contributed by atoms with Gasteiger partial charge in [0.1, 0.15) is 11.6 Å². The van der Waals surface area contributed by atoms with Crippen molar-refractivity contribution in [2.24, 2.45) is 4.99 Å². The second kappa shape index (κ2) is 8.65. The average Bonchev–Trinajstić information content (AvgIpc) is 2.89. The lowest BCUT2D eigenvalue weighted by molar-refractivity contribution is 0.392. The number of aryl methyl sites for hydroxylation is 3. The van der Waals surface area contributed by atoms with Crippen molar-refractivity contribution < 1.29 is 8.91 Å². The van der Waals surface area contributed by atoms with E-state index in [0.29, 0.717) is 18.1 Å². The number of nitrogens with zero attached hydrogens (tertiary/aromatic N) is 2. The summed E-state index contributed by atoms with van der Waals surface area (Å²) >= 11 is 0. The van der Waals surface area contributed by atoms with Crippen LogP contribution in [0.4, 0.5) is 4.39 Å². The van der Waals surface area contributed by atoms with Crippen molar-refractivity contribution in [1.82, 2.24) is 15.8 Å². The van der Waals surface area contributed by atoms with Gasteiger partial charge in [0, 0.05) is 18.7 Å². The summed E-state index contributed by atoms with van der Waals surface area (Å²) in [5.74, 6) is 1.36. The highest BCUT2D eigenvalue weighted by atomic mass is 19.1. The summed E-state index contributed by atoms with van der Waals surface area (Å²) in [7, 11) is 0. The zero-order valence-corrected chi connectivity index (χ0v) is 15.6. The monoisotopic (exact) mass is 346 g/mol. The molecule has 2 aromatic rings. The third-order valence-corrected chi connectivity index (χ3v) is 4.21. The van der Waals surface area contributed by atoms with Crippen LogP contribution in [0.3, 0.4) is 0 Å². The summed E-state index contributed by atoms with van der Waals surface area (Å²) in [6.07, 6.45) is 0.769. The van der Waals surface area contributed by atoms with E-state index in [1.807, 2.05) is 33.8 Å². The van der Waals surface area contributed by atoms with Crippen LogP contribution in [-0.4, -0.2) is 24.2 Å². The maximum atomic E-state index is 13.8. The largest absolute Gasteiger partial charge is 0.361 e. The highest BCUT2D eigenvalue weighted by Gasteiger charge is 2.11. The lowest BCUT2D eigenvalue weighted by Gasteiger charge is -2.18. The van der Waals surface area contributed by atoms with E-state index in [0.717, 1.165) is 35.5 Å². The first-order valence-electron chi connectivity index (χ1n) is 8.65. The van der Waals surface area contributed by atoms with Gasteiger partial charge in [-0.2, -0.15) is 0 Å². The van der Waals surface area contributed by atoms with Crippen molar-refractivity contribution >= 4 is 5.96 Å². The molecule has 0 saturated heterocycles. The Balaban J connectivity index is 2.02. The quantitative estimate of drug-likeness (QED) is 0.620. The van der Waals surface area contributed by atoms with Gasteiger partial charge in [0.25, 0.3) is 0 Å². The highest BCUT2D eigenvalue weighted by molar-refractivity contribution is 5.80. The minimum absolute atomic E-state index is 0.0491. The van der Waals surface area contributed by atoms with Gasteiger partial charge in [-0.1, -0.05) is 17.3 Å². The fourth-order valence-electron chi connectivity index (χ4n) is 2.63. The zero-order valence-electron chi connectivity index (χ0n) is 15.6. The fraction of sp³-hybridized carbons (Fsp3) is 0.474. The maximum Gasteiger partial charge on any atom is 0.191 e. The van der Waals surface area contributed by atoms with E-state index in [2.05, 4.69) is 20.8 Å². The normalized spacial score (nSPS) is 13.0. The Labute approximate surface area is 148 Å². The van der Waals surface area contributed by atoms with Crippen LogP contribution in [0, 0.1) is 26.6 Å². The molecule has 0 aliphatic heterocycles. The molecule has 2 N–H and O–H groups in total. The number of hydrogen-bond donors (Lipinski definition) is 2. The Morgan fingerprint density at radius 1 is 1.32 bits per heavy atom. The molecule has 0 aliphatic rings. The van der Waals surface area contributed by atoms with E-state index >= 15 is 0 Å². The first kappa shape index (κ1) is 19.0. The predicted octanol–water partition coefficient (Wildman–Crippen LogP) is 3.60. The molecule has 0 fully saturated rings. The summed E-state index contributed by atoms with van der Waals surface area (Å²) < 4.78 is 19.0. The number of nitrogens with one attached hydrogen (secondary N) is 2. The lowest BCUT2D eigenvalue weighted by atomic mass is 10.1. The Morgan fingerprint density at radius 3 is 2.68 bits per heavy atom. The Bertz CT molecular complexity index is 720. The van der Waals surface area contributed by atoms with E-state index in [1.54, 1.807) is 19.1 Å². The molecule has 0 saturated carbocycles. The molecule has 5 nitrogen and oxygen atoms in total. The molecule has 1 atom stereocenters. The molecule has 2 rings (SSSR count). The number of aromatic nitrogens is 1. The van der Waals surface area contributed by atoms with Crippen molar-refractivity contribution in [3.05, 3.63) is 52.2 Å². The molecule has 1 heterocycles. The molecular formula is C19H27FN4O. The van der Waals surface area contributed by atoms with Crippen LogP contribution in [0.5, 0.6) is 0 Å². The average molecular weight is 346 g/mol. The third kappa shape index (κ3) is 5.05. The number of benzene rings is 1. The van der Waals surface area contributed by atoms with Crippen LogP contribution in [0.15, 0.2) is 27.7 Å². The molecule has 0 amide bonds. The van der Waals surface area contributed by atoms with Gasteiger partial charge in [0.05, 0.1) is 11.7 Å². The molecule has 0 spiro atoms. The van der Waals surface area contributed by atoms with Gasteiger partial charge in [-0.25, -0.2) is 4.39 Å². The van der Waals surface area contributed by atoms with Crippen molar-refractivity contribution in [3.63, 3.8) is 0 Å². The SMILES string of the molecule is CCNC(=NCCc1c(C)noc1C)NC(C)c1ccc(C)c(F)c1. The molecule has 136 valence electrons. The molecule has 1 aromatic carbocycles. The van der Waals surface area contributed by atoms with Crippen LogP contribution >= 0.6 is 0 Å². The van der Waals surface area contributed by atoms with Crippen LogP contribution in [0.1, 0.15) is 48.0 Å². The van der Waals surface area contributed by atoms with Crippen molar-refractivity contribution in [3.8, 4) is 0 Å². The molecule has 0 radical (unpaired) electrons. The summed E-state index contributed by atoms with van der Waals surface area (Å²) in [5, 5.41) is 10.5. The molecule has 6 heteroatoms. The van der Waals surface area contributed by atoms with Crippen LogP contribution < -0.4 is 10.6 Å². The minimum atomic E-state index is -0.188. The third-order valence-electron chi connectivity index (χ3n) is 4.21. The number of guanidine groups is 1. The topological polar surface area (TPSA) is 62.5 Å². The van der Waals surface area contributed by atoms with Crippen LogP contribution in [-0.2, 0) is 6.42 Å². The van der Waals surface area contributed by atoms with Crippen molar-refractivity contribution in [1.29, 1.82) is 0 Å². The maximum absolute atomic E-state index is 13.8. The molecular weight excluding hydrogens is 319 g/mol. The second-order valence-electron chi connectivity index (χ2n) is 6.19. The summed E-state index contributed by atoms with van der Waals surface area (Å²) in [4.78, 5) is 4.61. The highest BCUT2D eigenvalue weighted by Crippen LogP contribution is 2.16. The van der Waals surface area contributed by atoms with E-state index in [9.17, 15) is 4.39 Å². The van der Waals surface area contributed by atoms with E-state index in [-0.39, 0.29) is 11.9 Å². The number of rotatable bonds is 6. The van der Waals surface area contributed by atoms with Crippen molar-refractivity contribution in [2.75, 3.05) is 13.1 Å². The molecule has 0 bridgehead atoms. The lowest BCUT2D eigenvalue weighted by Crippen LogP contribution is -2.39. The number of aliphatic imine (C=N–C) groups is 1. The zero-order chi connectivity index (χ0) is 18.4.